The molecule has 2 saturated heterocycles. The number of hydrogen-bond acceptors (Lipinski definition) is 14. The quantitative estimate of drug-likeness (QED) is 0.0618. The van der Waals surface area contributed by atoms with Crippen molar-refractivity contribution in [3.63, 3.8) is 0 Å². The van der Waals surface area contributed by atoms with Crippen molar-refractivity contribution < 1.29 is 57.7 Å². The van der Waals surface area contributed by atoms with E-state index in [1.807, 2.05) is 13.8 Å². The maximum Gasteiger partial charge on any atom is 0.413 e. The van der Waals surface area contributed by atoms with Crippen LogP contribution in [0.15, 0.2) is 48.7 Å². The zero-order valence-electron chi connectivity index (χ0n) is 35.6. The molecular formula is C43H53N9O12. The summed E-state index contributed by atoms with van der Waals surface area (Å²) in [4.78, 5) is 102. The molecule has 1 unspecified atom stereocenters. The number of rotatable bonds is 22. The fourth-order valence-electron chi connectivity index (χ4n) is 7.58. The first-order valence-electron chi connectivity index (χ1n) is 21.3. The van der Waals surface area contributed by atoms with Crippen LogP contribution in [0.5, 0.6) is 11.5 Å². The van der Waals surface area contributed by atoms with E-state index in [9.17, 15) is 43.5 Å². The normalized spacial score (nSPS) is 18.0. The molecule has 0 saturated carbocycles. The summed E-state index contributed by atoms with van der Waals surface area (Å²) in [5.41, 5.74) is 0.763. The Morgan fingerprint density at radius 1 is 0.938 bits per heavy atom. The van der Waals surface area contributed by atoms with Gasteiger partial charge < -0.3 is 40.6 Å². The number of amides is 8. The van der Waals surface area contributed by atoms with E-state index in [4.69, 9.17) is 14.2 Å². The third-order valence-electron chi connectivity index (χ3n) is 10.8. The number of imide groups is 2. The number of aliphatic hydroxyl groups is 1. The number of carbonyl (C=O) groups is 8. The van der Waals surface area contributed by atoms with Crippen molar-refractivity contribution in [3.05, 3.63) is 65.5 Å². The summed E-state index contributed by atoms with van der Waals surface area (Å²) in [7, 11) is 0. The van der Waals surface area contributed by atoms with Gasteiger partial charge >= 0.3 is 6.09 Å². The molecule has 4 heterocycles. The van der Waals surface area contributed by atoms with E-state index in [2.05, 4.69) is 36.9 Å². The maximum atomic E-state index is 13.3. The Morgan fingerprint density at radius 2 is 1.72 bits per heavy atom. The van der Waals surface area contributed by atoms with E-state index in [1.54, 1.807) is 35.1 Å². The predicted octanol–water partition coefficient (Wildman–Crippen LogP) is 1.59. The number of carbonyl (C=O) groups excluding carboxylic acids is 8. The van der Waals surface area contributed by atoms with Crippen LogP contribution in [0, 0.1) is 11.8 Å². The van der Waals surface area contributed by atoms with Gasteiger partial charge in [-0.2, -0.15) is 0 Å². The number of ether oxygens (including phenoxy) is 3. The molecule has 3 aliphatic heterocycles. The number of unbranched alkanes of at least 4 members (excludes halogenated alkanes) is 2. The van der Waals surface area contributed by atoms with Crippen molar-refractivity contribution in [1.82, 2.24) is 41.2 Å². The molecule has 1 aromatic heterocycles. The Kier molecular flexibility index (Phi) is 16.1. The smallest absolute Gasteiger partial charge is 0.413 e. The van der Waals surface area contributed by atoms with Gasteiger partial charge in [-0.1, -0.05) is 25.1 Å². The van der Waals surface area contributed by atoms with Gasteiger partial charge in [0.15, 0.2) is 0 Å². The molecule has 0 spiro atoms. The number of fused-ring (bicyclic) bond motifs is 1. The average molecular weight is 888 g/mol. The summed E-state index contributed by atoms with van der Waals surface area (Å²) in [6.45, 7) is 4.78. The Morgan fingerprint density at radius 3 is 2.44 bits per heavy atom. The molecule has 64 heavy (non-hydrogen) atoms. The number of aryl methyl sites for hydroxylation is 1. The van der Waals surface area contributed by atoms with Crippen LogP contribution in [0.3, 0.4) is 0 Å². The Hall–Kier alpha value is -6.74. The Labute approximate surface area is 368 Å². The molecule has 21 nitrogen and oxygen atoms in total. The predicted molar refractivity (Wildman–Crippen MR) is 224 cm³/mol. The maximum absolute atomic E-state index is 13.3. The van der Waals surface area contributed by atoms with E-state index < -0.39 is 59.7 Å². The molecule has 6 rings (SSSR count). The van der Waals surface area contributed by atoms with Gasteiger partial charge in [-0.3, -0.25) is 48.5 Å². The minimum absolute atomic E-state index is 0.00269. The minimum Gasteiger partial charge on any atom is -0.487 e. The molecule has 8 amide bonds. The lowest BCUT2D eigenvalue weighted by Gasteiger charge is -2.27. The van der Waals surface area contributed by atoms with Gasteiger partial charge in [-0.05, 0) is 87.3 Å². The van der Waals surface area contributed by atoms with Crippen LogP contribution in [0.1, 0.15) is 91.6 Å². The van der Waals surface area contributed by atoms with E-state index in [-0.39, 0.29) is 73.0 Å². The van der Waals surface area contributed by atoms with Crippen LogP contribution in [0.25, 0.3) is 0 Å². The molecule has 21 heteroatoms. The number of nitrogens with one attached hydrogen (secondary N) is 5. The van der Waals surface area contributed by atoms with Crippen molar-refractivity contribution in [2.24, 2.45) is 11.8 Å². The van der Waals surface area contributed by atoms with Gasteiger partial charge in [-0.15, -0.1) is 5.10 Å². The van der Waals surface area contributed by atoms with Crippen LogP contribution in [-0.2, 0) is 41.9 Å². The molecule has 2 aromatic carbocycles. The second kappa shape index (κ2) is 22.1. The Balaban J connectivity index is 0.853. The van der Waals surface area contributed by atoms with Crippen LogP contribution >= 0.6 is 0 Å². The van der Waals surface area contributed by atoms with Crippen molar-refractivity contribution in [2.45, 2.75) is 96.5 Å². The van der Waals surface area contributed by atoms with E-state index >= 15 is 0 Å². The molecule has 0 aliphatic carbocycles. The summed E-state index contributed by atoms with van der Waals surface area (Å²) < 4.78 is 18.5. The summed E-state index contributed by atoms with van der Waals surface area (Å²) in [5, 5.41) is 31.0. The SMILES string of the molecule is CC(C)C[C@H](NC(=O)Oc1ccc(OCc2cn(CCCCCOCC(=O)Nc3cccc4c3C(=O)N(C3CCC(=O)NC3=O)C4=O)nn2)cc1)C(=O)N[C@H](CO)C[C@@H]1CCNC1=O. The topological polar surface area (TPSA) is 279 Å². The standard InChI is InChI=1S/C43H53N9O12/c1-25(2)19-33(39(57)45-27(22-53)20-26-15-16-44-38(26)56)47-43(61)64-30-11-9-29(10-12-30)63-23-28-21-51(50-49-28)17-4-3-5-18-62-24-36(55)46-32-8-6-7-31-37(32)42(60)52(41(31)59)34-13-14-35(54)48-40(34)58/h6-12,21,25-27,33-34,53H,3-5,13-20,22-24H2,1-2H3,(H,44,56)(H,45,57)(H,46,55)(H,47,61)(H,48,54,58)/t26-,27-,33-,34?/m0/s1. The first-order valence-corrected chi connectivity index (χ1v) is 21.3. The molecule has 3 aromatic rings. The zero-order valence-corrected chi connectivity index (χ0v) is 35.6. The highest BCUT2D eigenvalue weighted by Gasteiger charge is 2.45. The lowest BCUT2D eigenvalue weighted by Crippen LogP contribution is -2.54. The van der Waals surface area contributed by atoms with E-state index in [1.165, 1.54) is 18.2 Å². The average Bonchev–Trinajstić information content (AvgIpc) is 3.96. The number of aliphatic hydroxyl groups excluding tert-OH is 1. The second-order valence-electron chi connectivity index (χ2n) is 16.2. The van der Waals surface area contributed by atoms with Gasteiger partial charge in [0.05, 0.1) is 35.7 Å². The molecule has 3 aliphatic rings. The van der Waals surface area contributed by atoms with Crippen molar-refractivity contribution in [2.75, 3.05) is 31.7 Å². The van der Waals surface area contributed by atoms with Gasteiger partial charge in [0, 0.05) is 32.0 Å². The van der Waals surface area contributed by atoms with Crippen LogP contribution in [-0.4, -0.2) is 117 Å². The monoisotopic (exact) mass is 887 g/mol. The fraction of sp³-hybridized carbons (Fsp3) is 0.488. The van der Waals surface area contributed by atoms with Gasteiger partial charge in [0.1, 0.15) is 42.5 Å². The summed E-state index contributed by atoms with van der Waals surface area (Å²) >= 11 is 0. The molecular weight excluding hydrogens is 835 g/mol. The highest BCUT2D eigenvalue weighted by Crippen LogP contribution is 2.32. The third kappa shape index (κ3) is 12.5. The van der Waals surface area contributed by atoms with E-state index in [0.717, 1.165) is 17.7 Å². The number of aromatic nitrogens is 3. The lowest BCUT2D eigenvalue weighted by molar-refractivity contribution is -0.136. The lowest BCUT2D eigenvalue weighted by atomic mass is 9.97. The summed E-state index contributed by atoms with van der Waals surface area (Å²) in [6, 6.07) is 8.13. The molecule has 342 valence electrons. The minimum atomic E-state index is -1.12. The molecule has 6 N–H and O–H groups in total. The van der Waals surface area contributed by atoms with Crippen LogP contribution in [0.2, 0.25) is 0 Å². The van der Waals surface area contributed by atoms with Gasteiger partial charge in [-0.25, -0.2) is 4.79 Å². The molecule has 0 bridgehead atoms. The first kappa shape index (κ1) is 46.8. The molecule has 0 radical (unpaired) electrons. The second-order valence-corrected chi connectivity index (χ2v) is 16.2. The highest BCUT2D eigenvalue weighted by molar-refractivity contribution is 6.26. The van der Waals surface area contributed by atoms with Crippen LogP contribution in [0.4, 0.5) is 10.5 Å². The first-order chi connectivity index (χ1) is 30.8. The third-order valence-corrected chi connectivity index (χ3v) is 10.8. The number of benzene rings is 2. The van der Waals surface area contributed by atoms with Gasteiger partial charge in [0.2, 0.25) is 29.5 Å². The number of nitrogens with zero attached hydrogens (tertiary/aromatic N) is 4. The Bertz CT molecular complexity index is 2210. The van der Waals surface area contributed by atoms with Gasteiger partial charge in [0.25, 0.3) is 11.8 Å². The number of piperidine rings is 1. The largest absolute Gasteiger partial charge is 0.487 e. The number of hydrogen-bond donors (Lipinski definition) is 6. The van der Waals surface area contributed by atoms with Crippen molar-refractivity contribution in [3.8, 4) is 11.5 Å². The summed E-state index contributed by atoms with van der Waals surface area (Å²) in [5.74, 6) is -3.20. The van der Waals surface area contributed by atoms with Crippen molar-refractivity contribution >= 4 is 53.1 Å². The zero-order chi connectivity index (χ0) is 45.8. The molecule has 4 atom stereocenters. The highest BCUT2D eigenvalue weighted by atomic mass is 16.6. The van der Waals surface area contributed by atoms with Crippen molar-refractivity contribution in [1.29, 1.82) is 0 Å². The number of anilines is 1. The summed E-state index contributed by atoms with van der Waals surface area (Å²) in [6.07, 6.45) is 4.41. The molecule has 2 fully saturated rings. The van der Waals surface area contributed by atoms with Crippen LogP contribution < -0.4 is 36.1 Å². The fourth-order valence-corrected chi connectivity index (χ4v) is 7.58. The van der Waals surface area contributed by atoms with E-state index in [0.29, 0.717) is 56.8 Å².